The van der Waals surface area contributed by atoms with Crippen molar-refractivity contribution in [3.05, 3.63) is 0 Å². The van der Waals surface area contributed by atoms with Crippen LogP contribution in [0.3, 0.4) is 0 Å². The Kier molecular flexibility index (Phi) is 4.58. The quantitative estimate of drug-likeness (QED) is 0.647. The zero-order chi connectivity index (χ0) is 8.81. The highest BCUT2D eigenvalue weighted by atomic mass is 16.7. The van der Waals surface area contributed by atoms with Crippen molar-refractivity contribution in [1.29, 1.82) is 0 Å². The topological polar surface area (TPSA) is 30.5 Å². The predicted octanol–water partition coefficient (Wildman–Crippen LogP) is 1.14. The van der Waals surface area contributed by atoms with E-state index in [0.717, 1.165) is 6.42 Å². The monoisotopic (exact) mass is 173 g/mol. The highest BCUT2D eigenvalue weighted by Crippen LogP contribution is 2.20. The first-order valence-electron chi connectivity index (χ1n) is 4.66. The Hall–Kier alpha value is -0.120. The summed E-state index contributed by atoms with van der Waals surface area (Å²) in [5.74, 6) is 0. The molecular formula is C9H19NO2. The molecule has 2 unspecified atom stereocenters. The van der Waals surface area contributed by atoms with Gasteiger partial charge in [-0.25, -0.2) is 0 Å². The molecule has 0 bridgehead atoms. The van der Waals surface area contributed by atoms with Gasteiger partial charge >= 0.3 is 0 Å². The minimum atomic E-state index is 0.351. The summed E-state index contributed by atoms with van der Waals surface area (Å²) in [7, 11) is 3.66. The van der Waals surface area contributed by atoms with E-state index in [4.69, 9.17) is 9.47 Å². The summed E-state index contributed by atoms with van der Waals surface area (Å²) in [5.41, 5.74) is 0. The number of rotatable bonds is 4. The van der Waals surface area contributed by atoms with E-state index in [0.29, 0.717) is 18.9 Å². The molecule has 3 nitrogen and oxygen atoms in total. The Morgan fingerprint density at radius 3 is 2.75 bits per heavy atom. The molecule has 12 heavy (non-hydrogen) atoms. The van der Waals surface area contributed by atoms with Gasteiger partial charge in [-0.1, -0.05) is 12.8 Å². The Bertz CT molecular complexity index is 119. The van der Waals surface area contributed by atoms with Crippen molar-refractivity contribution in [3.63, 3.8) is 0 Å². The van der Waals surface area contributed by atoms with Crippen LogP contribution in [0.25, 0.3) is 0 Å². The van der Waals surface area contributed by atoms with Gasteiger partial charge in [0.15, 0.2) is 0 Å². The molecule has 1 N–H and O–H groups in total. The minimum absolute atomic E-state index is 0.351. The average molecular weight is 173 g/mol. The fraction of sp³-hybridized carbons (Fsp3) is 1.00. The van der Waals surface area contributed by atoms with Crippen LogP contribution in [0.4, 0.5) is 0 Å². The number of methoxy groups -OCH3 is 1. The second-order valence-corrected chi connectivity index (χ2v) is 3.29. The maximum atomic E-state index is 5.55. The SMILES string of the molecule is CNC1CCCCC1OCOC. The van der Waals surface area contributed by atoms with Crippen LogP contribution in [-0.4, -0.2) is 33.1 Å². The first-order chi connectivity index (χ1) is 5.88. The first-order valence-corrected chi connectivity index (χ1v) is 4.66. The van der Waals surface area contributed by atoms with Gasteiger partial charge in [0.25, 0.3) is 0 Å². The molecule has 3 heteroatoms. The van der Waals surface area contributed by atoms with Crippen LogP contribution in [-0.2, 0) is 9.47 Å². The Morgan fingerprint density at radius 2 is 2.08 bits per heavy atom. The third kappa shape index (κ3) is 2.73. The highest BCUT2D eigenvalue weighted by molar-refractivity contribution is 4.80. The normalized spacial score (nSPS) is 30.5. The summed E-state index contributed by atoms with van der Waals surface area (Å²) >= 11 is 0. The first kappa shape index (κ1) is 9.96. The van der Waals surface area contributed by atoms with E-state index >= 15 is 0 Å². The van der Waals surface area contributed by atoms with Crippen molar-refractivity contribution >= 4 is 0 Å². The van der Waals surface area contributed by atoms with E-state index < -0.39 is 0 Å². The molecule has 1 rings (SSSR count). The largest absolute Gasteiger partial charge is 0.359 e. The van der Waals surface area contributed by atoms with Gasteiger partial charge in [-0.15, -0.1) is 0 Å². The third-order valence-electron chi connectivity index (χ3n) is 2.47. The zero-order valence-corrected chi connectivity index (χ0v) is 8.01. The molecule has 0 radical (unpaired) electrons. The molecule has 0 spiro atoms. The van der Waals surface area contributed by atoms with Gasteiger partial charge in [0.1, 0.15) is 6.79 Å². The molecular weight excluding hydrogens is 154 g/mol. The van der Waals surface area contributed by atoms with E-state index in [2.05, 4.69) is 5.32 Å². The van der Waals surface area contributed by atoms with E-state index in [9.17, 15) is 0 Å². The second-order valence-electron chi connectivity index (χ2n) is 3.29. The fourth-order valence-corrected chi connectivity index (χ4v) is 1.78. The van der Waals surface area contributed by atoms with E-state index in [-0.39, 0.29) is 0 Å². The van der Waals surface area contributed by atoms with Crippen LogP contribution >= 0.6 is 0 Å². The van der Waals surface area contributed by atoms with Gasteiger partial charge < -0.3 is 14.8 Å². The van der Waals surface area contributed by atoms with Crippen molar-refractivity contribution in [2.24, 2.45) is 0 Å². The lowest BCUT2D eigenvalue weighted by atomic mass is 9.93. The van der Waals surface area contributed by atoms with Crippen LogP contribution in [0, 0.1) is 0 Å². The van der Waals surface area contributed by atoms with E-state index in [1.807, 2.05) is 7.05 Å². The lowest BCUT2D eigenvalue weighted by molar-refractivity contribution is -0.0918. The van der Waals surface area contributed by atoms with Gasteiger partial charge in [0.05, 0.1) is 6.10 Å². The van der Waals surface area contributed by atoms with Gasteiger partial charge in [-0.05, 0) is 19.9 Å². The molecule has 1 fully saturated rings. The van der Waals surface area contributed by atoms with Gasteiger partial charge in [0.2, 0.25) is 0 Å². The molecule has 1 aliphatic carbocycles. The van der Waals surface area contributed by atoms with Crippen molar-refractivity contribution in [2.45, 2.75) is 37.8 Å². The molecule has 0 heterocycles. The lowest BCUT2D eigenvalue weighted by Gasteiger charge is -2.30. The minimum Gasteiger partial charge on any atom is -0.359 e. The molecule has 0 saturated heterocycles. The summed E-state index contributed by atoms with van der Waals surface area (Å²) in [5, 5.41) is 3.28. The fourth-order valence-electron chi connectivity index (χ4n) is 1.78. The summed E-state index contributed by atoms with van der Waals surface area (Å²) in [6.45, 7) is 0.419. The number of ether oxygens (including phenoxy) is 2. The Morgan fingerprint density at radius 1 is 1.33 bits per heavy atom. The van der Waals surface area contributed by atoms with Crippen LogP contribution in [0.15, 0.2) is 0 Å². The van der Waals surface area contributed by atoms with E-state index in [1.54, 1.807) is 7.11 Å². The average Bonchev–Trinajstić information content (AvgIpc) is 2.15. The molecule has 2 atom stereocenters. The standard InChI is InChI=1S/C9H19NO2/c1-10-8-5-3-4-6-9(8)12-7-11-2/h8-10H,3-7H2,1-2H3. The number of hydrogen-bond acceptors (Lipinski definition) is 3. The Balaban J connectivity index is 2.26. The lowest BCUT2D eigenvalue weighted by Crippen LogP contribution is -2.41. The number of likely N-dealkylation sites (N-methyl/N-ethyl adjacent to an activating group) is 1. The van der Waals surface area contributed by atoms with Crippen LogP contribution in [0.2, 0.25) is 0 Å². The van der Waals surface area contributed by atoms with E-state index in [1.165, 1.54) is 19.3 Å². The molecule has 0 amide bonds. The highest BCUT2D eigenvalue weighted by Gasteiger charge is 2.23. The summed E-state index contributed by atoms with van der Waals surface area (Å²) in [6.07, 6.45) is 5.34. The van der Waals surface area contributed by atoms with Crippen LogP contribution in [0.5, 0.6) is 0 Å². The third-order valence-corrected chi connectivity index (χ3v) is 2.47. The number of hydrogen-bond donors (Lipinski definition) is 1. The van der Waals surface area contributed by atoms with Gasteiger partial charge in [-0.3, -0.25) is 0 Å². The molecule has 72 valence electrons. The van der Waals surface area contributed by atoms with Crippen LogP contribution < -0.4 is 5.32 Å². The number of nitrogens with one attached hydrogen (secondary N) is 1. The van der Waals surface area contributed by atoms with Crippen molar-refractivity contribution in [3.8, 4) is 0 Å². The molecule has 0 aromatic rings. The van der Waals surface area contributed by atoms with Crippen molar-refractivity contribution < 1.29 is 9.47 Å². The van der Waals surface area contributed by atoms with Crippen molar-refractivity contribution in [1.82, 2.24) is 5.32 Å². The molecule has 0 aliphatic heterocycles. The van der Waals surface area contributed by atoms with Crippen LogP contribution in [0.1, 0.15) is 25.7 Å². The Labute approximate surface area is 74.4 Å². The van der Waals surface area contributed by atoms with Crippen molar-refractivity contribution in [2.75, 3.05) is 21.0 Å². The smallest absolute Gasteiger partial charge is 0.146 e. The molecule has 1 saturated carbocycles. The van der Waals surface area contributed by atoms with Gasteiger partial charge in [0, 0.05) is 13.2 Å². The summed E-state index contributed by atoms with van der Waals surface area (Å²) in [6, 6.07) is 0.522. The summed E-state index contributed by atoms with van der Waals surface area (Å²) < 4.78 is 10.4. The zero-order valence-electron chi connectivity index (χ0n) is 8.01. The van der Waals surface area contributed by atoms with Gasteiger partial charge in [-0.2, -0.15) is 0 Å². The maximum Gasteiger partial charge on any atom is 0.146 e. The molecule has 0 aromatic carbocycles. The second kappa shape index (κ2) is 5.51. The summed E-state index contributed by atoms with van der Waals surface area (Å²) in [4.78, 5) is 0. The molecule has 1 aliphatic rings. The maximum absolute atomic E-state index is 5.55. The molecule has 0 aromatic heterocycles. The predicted molar refractivity (Wildman–Crippen MR) is 48.1 cm³/mol.